The van der Waals surface area contributed by atoms with E-state index in [9.17, 15) is 4.79 Å². The van der Waals surface area contributed by atoms with Crippen LogP contribution in [0.15, 0.2) is 17.8 Å². The van der Waals surface area contributed by atoms with Crippen molar-refractivity contribution in [3.05, 3.63) is 23.5 Å². The summed E-state index contributed by atoms with van der Waals surface area (Å²) < 4.78 is 1.89. The minimum atomic E-state index is -0.212. The zero-order valence-electron chi connectivity index (χ0n) is 8.88. The van der Waals surface area contributed by atoms with Gasteiger partial charge in [0.1, 0.15) is 0 Å². The highest BCUT2D eigenvalue weighted by Crippen LogP contribution is 2.11. The van der Waals surface area contributed by atoms with E-state index in [4.69, 9.17) is 5.11 Å². The molecule has 2 rings (SSSR count). The van der Waals surface area contributed by atoms with Crippen molar-refractivity contribution < 1.29 is 9.90 Å². The SMILES string of the molecule is CC(CO)NC(=O)Cc1cn2ccsc2n1. The molecule has 2 aromatic heterocycles. The Labute approximate surface area is 96.7 Å². The highest BCUT2D eigenvalue weighted by molar-refractivity contribution is 7.15. The van der Waals surface area contributed by atoms with E-state index in [2.05, 4.69) is 10.3 Å². The number of amides is 1. The minimum Gasteiger partial charge on any atom is -0.394 e. The summed E-state index contributed by atoms with van der Waals surface area (Å²) >= 11 is 1.53. The first kappa shape index (κ1) is 11.1. The standard InChI is InChI=1S/C10H13N3O2S/c1-7(6-14)11-9(15)4-8-5-13-2-3-16-10(13)12-8/h2-3,5,7,14H,4,6H2,1H3,(H,11,15). The minimum absolute atomic E-state index is 0.0516. The lowest BCUT2D eigenvalue weighted by molar-refractivity contribution is -0.121. The molecule has 1 amide bonds. The Hall–Kier alpha value is -1.40. The van der Waals surface area contributed by atoms with E-state index < -0.39 is 0 Å². The monoisotopic (exact) mass is 239 g/mol. The molecule has 0 aliphatic heterocycles. The average Bonchev–Trinajstić information content (AvgIpc) is 2.77. The van der Waals surface area contributed by atoms with Crippen LogP contribution in [0.3, 0.4) is 0 Å². The number of nitrogens with one attached hydrogen (secondary N) is 1. The topological polar surface area (TPSA) is 66.6 Å². The molecule has 2 aromatic rings. The highest BCUT2D eigenvalue weighted by Gasteiger charge is 2.10. The third kappa shape index (κ3) is 2.40. The summed E-state index contributed by atoms with van der Waals surface area (Å²) in [6.07, 6.45) is 4.00. The summed E-state index contributed by atoms with van der Waals surface area (Å²) in [6, 6.07) is -0.212. The number of hydrogen-bond donors (Lipinski definition) is 2. The molecule has 1 unspecified atom stereocenters. The van der Waals surface area contributed by atoms with Crippen LogP contribution in [-0.2, 0) is 11.2 Å². The molecular weight excluding hydrogens is 226 g/mol. The summed E-state index contributed by atoms with van der Waals surface area (Å²) in [5.74, 6) is -0.118. The van der Waals surface area contributed by atoms with Gasteiger partial charge < -0.3 is 10.4 Å². The van der Waals surface area contributed by atoms with Gasteiger partial charge in [-0.1, -0.05) is 0 Å². The normalized spacial score (nSPS) is 12.9. The summed E-state index contributed by atoms with van der Waals surface area (Å²) in [6.45, 7) is 1.70. The maximum absolute atomic E-state index is 11.5. The van der Waals surface area contributed by atoms with Gasteiger partial charge in [0, 0.05) is 23.8 Å². The Bertz CT molecular complexity index is 462. The molecular formula is C10H13N3O2S. The molecule has 0 aliphatic rings. The predicted octanol–water partition coefficient (Wildman–Crippen LogP) is 0.435. The van der Waals surface area contributed by atoms with Gasteiger partial charge in [0.25, 0.3) is 0 Å². The first-order valence-corrected chi connectivity index (χ1v) is 5.88. The van der Waals surface area contributed by atoms with Crippen LogP contribution in [0.5, 0.6) is 0 Å². The van der Waals surface area contributed by atoms with Crippen molar-refractivity contribution >= 4 is 22.2 Å². The van der Waals surface area contributed by atoms with Crippen molar-refractivity contribution in [3.8, 4) is 0 Å². The van der Waals surface area contributed by atoms with Gasteiger partial charge in [-0.05, 0) is 6.92 Å². The lowest BCUT2D eigenvalue weighted by Crippen LogP contribution is -2.36. The third-order valence-electron chi connectivity index (χ3n) is 2.17. The number of thiazole rings is 1. The van der Waals surface area contributed by atoms with E-state index >= 15 is 0 Å². The van der Waals surface area contributed by atoms with Crippen LogP contribution in [0.1, 0.15) is 12.6 Å². The Balaban J connectivity index is 1.99. The van der Waals surface area contributed by atoms with Crippen molar-refractivity contribution in [1.29, 1.82) is 0 Å². The number of aliphatic hydroxyl groups excluding tert-OH is 1. The first-order valence-electron chi connectivity index (χ1n) is 5.00. The van der Waals surface area contributed by atoms with Gasteiger partial charge in [-0.15, -0.1) is 11.3 Å². The van der Waals surface area contributed by atoms with E-state index in [1.54, 1.807) is 6.92 Å². The second kappa shape index (κ2) is 4.63. The van der Waals surface area contributed by atoms with Crippen LogP contribution in [0, 0.1) is 0 Å². The molecule has 0 spiro atoms. The number of rotatable bonds is 4. The number of hydrogen-bond acceptors (Lipinski definition) is 4. The highest BCUT2D eigenvalue weighted by atomic mass is 32.1. The predicted molar refractivity (Wildman–Crippen MR) is 61.5 cm³/mol. The molecule has 6 heteroatoms. The Morgan fingerprint density at radius 3 is 3.25 bits per heavy atom. The van der Waals surface area contributed by atoms with Gasteiger partial charge in [-0.25, -0.2) is 4.98 Å². The van der Waals surface area contributed by atoms with Crippen LogP contribution < -0.4 is 5.32 Å². The molecule has 2 N–H and O–H groups in total. The number of aliphatic hydroxyl groups is 1. The first-order chi connectivity index (χ1) is 7.69. The number of carbonyl (C=O) groups excluding carboxylic acids is 1. The van der Waals surface area contributed by atoms with Gasteiger partial charge in [0.2, 0.25) is 5.91 Å². The number of nitrogens with zero attached hydrogens (tertiary/aromatic N) is 2. The second-order valence-corrected chi connectivity index (χ2v) is 4.53. The molecule has 16 heavy (non-hydrogen) atoms. The third-order valence-corrected chi connectivity index (χ3v) is 2.94. The summed E-state index contributed by atoms with van der Waals surface area (Å²) in [4.78, 5) is 16.7. The molecule has 0 radical (unpaired) electrons. The van der Waals surface area contributed by atoms with Crippen molar-refractivity contribution in [2.75, 3.05) is 6.61 Å². The van der Waals surface area contributed by atoms with Crippen molar-refractivity contribution in [1.82, 2.24) is 14.7 Å². The van der Waals surface area contributed by atoms with Crippen LogP contribution in [0.25, 0.3) is 4.96 Å². The lowest BCUT2D eigenvalue weighted by atomic mass is 10.3. The fraction of sp³-hybridized carbons (Fsp3) is 0.400. The molecule has 0 bridgehead atoms. The molecule has 0 saturated heterocycles. The fourth-order valence-corrected chi connectivity index (χ4v) is 2.12. The van der Waals surface area contributed by atoms with Gasteiger partial charge in [-0.3, -0.25) is 9.20 Å². The maximum Gasteiger partial charge on any atom is 0.226 e. The van der Waals surface area contributed by atoms with Gasteiger partial charge in [0.15, 0.2) is 4.96 Å². The smallest absolute Gasteiger partial charge is 0.226 e. The van der Waals surface area contributed by atoms with Crippen molar-refractivity contribution in [3.63, 3.8) is 0 Å². The summed E-state index contributed by atoms with van der Waals surface area (Å²) in [5, 5.41) is 13.4. The summed E-state index contributed by atoms with van der Waals surface area (Å²) in [5.41, 5.74) is 0.745. The fourth-order valence-electron chi connectivity index (χ4n) is 1.40. The Kier molecular flexibility index (Phi) is 3.21. The molecule has 2 heterocycles. The zero-order valence-corrected chi connectivity index (χ0v) is 9.70. The lowest BCUT2D eigenvalue weighted by Gasteiger charge is -2.09. The molecule has 0 aromatic carbocycles. The molecule has 0 saturated carbocycles. The number of fused-ring (bicyclic) bond motifs is 1. The Morgan fingerprint density at radius 2 is 2.56 bits per heavy atom. The zero-order chi connectivity index (χ0) is 11.5. The van der Waals surface area contributed by atoms with Gasteiger partial charge in [-0.2, -0.15) is 0 Å². The van der Waals surface area contributed by atoms with E-state index in [0.29, 0.717) is 0 Å². The van der Waals surface area contributed by atoms with Gasteiger partial charge >= 0.3 is 0 Å². The van der Waals surface area contributed by atoms with Gasteiger partial charge in [0.05, 0.1) is 18.7 Å². The largest absolute Gasteiger partial charge is 0.394 e. The van der Waals surface area contributed by atoms with E-state index in [0.717, 1.165) is 10.7 Å². The van der Waals surface area contributed by atoms with Crippen LogP contribution in [-0.4, -0.2) is 33.0 Å². The molecule has 0 aliphatic carbocycles. The quantitative estimate of drug-likeness (QED) is 0.813. The number of carbonyl (C=O) groups is 1. The molecule has 5 nitrogen and oxygen atoms in total. The summed E-state index contributed by atoms with van der Waals surface area (Å²) in [7, 11) is 0. The molecule has 86 valence electrons. The maximum atomic E-state index is 11.5. The van der Waals surface area contributed by atoms with Crippen molar-refractivity contribution in [2.45, 2.75) is 19.4 Å². The van der Waals surface area contributed by atoms with Crippen LogP contribution >= 0.6 is 11.3 Å². The van der Waals surface area contributed by atoms with Crippen LogP contribution in [0.4, 0.5) is 0 Å². The molecule has 0 fully saturated rings. The van der Waals surface area contributed by atoms with Crippen molar-refractivity contribution in [2.24, 2.45) is 0 Å². The van der Waals surface area contributed by atoms with E-state index in [-0.39, 0.29) is 25.0 Å². The molecule has 1 atom stereocenters. The second-order valence-electron chi connectivity index (χ2n) is 3.65. The average molecular weight is 239 g/mol. The van der Waals surface area contributed by atoms with Crippen LogP contribution in [0.2, 0.25) is 0 Å². The number of imidazole rings is 1. The van der Waals surface area contributed by atoms with E-state index in [1.807, 2.05) is 22.2 Å². The van der Waals surface area contributed by atoms with E-state index in [1.165, 1.54) is 11.3 Å². The Morgan fingerprint density at radius 1 is 1.75 bits per heavy atom. The number of aromatic nitrogens is 2.